The number of ether oxygens (including phenoxy) is 1. The Morgan fingerprint density at radius 1 is 1.67 bits per heavy atom. The van der Waals surface area contributed by atoms with Crippen molar-refractivity contribution in [2.75, 3.05) is 12.4 Å². The molecule has 78 valence electrons. The summed E-state index contributed by atoms with van der Waals surface area (Å²) in [5.74, 6) is 0.103. The Labute approximate surface area is 87.7 Å². The highest BCUT2D eigenvalue weighted by Gasteiger charge is 2.12. The first-order valence-electron chi connectivity index (χ1n) is 4.39. The number of hydrogen-bond acceptors (Lipinski definition) is 5. The van der Waals surface area contributed by atoms with Crippen LogP contribution in [0.4, 0.5) is 5.82 Å². The van der Waals surface area contributed by atoms with Gasteiger partial charge in [-0.1, -0.05) is 6.07 Å². The maximum absolute atomic E-state index is 11.1. The van der Waals surface area contributed by atoms with Gasteiger partial charge in [0.05, 0.1) is 7.11 Å². The lowest BCUT2D eigenvalue weighted by Gasteiger charge is -2.11. The van der Waals surface area contributed by atoms with Crippen molar-refractivity contribution >= 4 is 11.8 Å². The summed E-state index contributed by atoms with van der Waals surface area (Å²) in [6, 6.07) is 6.39. The molecule has 5 heteroatoms. The van der Waals surface area contributed by atoms with Crippen LogP contribution >= 0.6 is 0 Å². The molecule has 0 bridgehead atoms. The topological polar surface area (TPSA) is 75.0 Å². The fraction of sp³-hybridized carbons (Fsp3) is 0.300. The molecule has 1 heterocycles. The van der Waals surface area contributed by atoms with E-state index in [4.69, 9.17) is 5.26 Å². The van der Waals surface area contributed by atoms with Crippen LogP contribution in [0, 0.1) is 11.3 Å². The molecule has 0 fully saturated rings. The van der Waals surface area contributed by atoms with E-state index in [2.05, 4.69) is 15.0 Å². The normalized spacial score (nSPS) is 11.3. The monoisotopic (exact) mass is 205 g/mol. The van der Waals surface area contributed by atoms with E-state index in [1.807, 2.05) is 6.07 Å². The van der Waals surface area contributed by atoms with E-state index in [1.54, 1.807) is 25.1 Å². The summed E-state index contributed by atoms with van der Waals surface area (Å²) in [4.78, 5) is 15.1. The standard InChI is InChI=1S/C10H11N3O2/c1-7(10(14)15-2)12-9-5-3-4-8(6-11)13-9/h3-5,7H,1-2H3,(H,12,13). The second-order valence-electron chi connectivity index (χ2n) is 2.91. The Hall–Kier alpha value is -2.09. The van der Waals surface area contributed by atoms with Gasteiger partial charge in [-0.3, -0.25) is 0 Å². The molecular formula is C10H11N3O2. The molecule has 0 spiro atoms. The van der Waals surface area contributed by atoms with Crippen molar-refractivity contribution in [2.45, 2.75) is 13.0 Å². The molecule has 0 radical (unpaired) electrons. The zero-order valence-corrected chi connectivity index (χ0v) is 8.52. The number of nitriles is 1. The minimum Gasteiger partial charge on any atom is -0.467 e. The zero-order valence-electron chi connectivity index (χ0n) is 8.52. The smallest absolute Gasteiger partial charge is 0.328 e. The first-order valence-corrected chi connectivity index (χ1v) is 4.39. The van der Waals surface area contributed by atoms with E-state index >= 15 is 0 Å². The number of nitrogens with one attached hydrogen (secondary N) is 1. The average molecular weight is 205 g/mol. The van der Waals surface area contributed by atoms with Crippen LogP contribution in [0.3, 0.4) is 0 Å². The second-order valence-corrected chi connectivity index (χ2v) is 2.91. The molecule has 1 aromatic heterocycles. The van der Waals surface area contributed by atoms with Gasteiger partial charge in [0.25, 0.3) is 0 Å². The van der Waals surface area contributed by atoms with Gasteiger partial charge >= 0.3 is 5.97 Å². The number of aromatic nitrogens is 1. The van der Waals surface area contributed by atoms with Crippen molar-refractivity contribution in [1.82, 2.24) is 4.98 Å². The molecule has 1 N–H and O–H groups in total. The number of anilines is 1. The van der Waals surface area contributed by atoms with E-state index in [0.29, 0.717) is 11.5 Å². The molecular weight excluding hydrogens is 194 g/mol. The first-order chi connectivity index (χ1) is 7.17. The lowest BCUT2D eigenvalue weighted by atomic mass is 10.3. The van der Waals surface area contributed by atoms with E-state index in [0.717, 1.165) is 0 Å². The van der Waals surface area contributed by atoms with E-state index in [9.17, 15) is 4.79 Å². The van der Waals surface area contributed by atoms with Crippen LogP contribution in [0.25, 0.3) is 0 Å². The Kier molecular flexibility index (Phi) is 3.63. The highest BCUT2D eigenvalue weighted by atomic mass is 16.5. The molecule has 0 saturated heterocycles. The van der Waals surface area contributed by atoms with Gasteiger partial charge in [0.15, 0.2) is 0 Å². The Morgan fingerprint density at radius 3 is 3.00 bits per heavy atom. The molecule has 0 aliphatic heterocycles. The number of methoxy groups -OCH3 is 1. The van der Waals surface area contributed by atoms with E-state index < -0.39 is 6.04 Å². The van der Waals surface area contributed by atoms with Crippen molar-refractivity contribution < 1.29 is 9.53 Å². The second kappa shape index (κ2) is 4.96. The third kappa shape index (κ3) is 2.95. The Balaban J connectivity index is 2.73. The van der Waals surface area contributed by atoms with Crippen LogP contribution in [0.2, 0.25) is 0 Å². The lowest BCUT2D eigenvalue weighted by molar-refractivity contribution is -0.141. The molecule has 1 atom stereocenters. The minimum absolute atomic E-state index is 0.303. The SMILES string of the molecule is COC(=O)C(C)Nc1cccc(C#N)n1. The number of carbonyl (C=O) groups is 1. The summed E-state index contributed by atoms with van der Waals surface area (Å²) < 4.78 is 4.55. The molecule has 0 aliphatic rings. The van der Waals surface area contributed by atoms with Crippen LogP contribution < -0.4 is 5.32 Å². The summed E-state index contributed by atoms with van der Waals surface area (Å²) in [6.45, 7) is 1.66. The van der Waals surface area contributed by atoms with Crippen molar-refractivity contribution in [3.05, 3.63) is 23.9 Å². The predicted molar refractivity (Wildman–Crippen MR) is 54.1 cm³/mol. The first kappa shape index (κ1) is 11.0. The fourth-order valence-corrected chi connectivity index (χ4v) is 1.03. The number of pyridine rings is 1. The molecule has 15 heavy (non-hydrogen) atoms. The van der Waals surface area contributed by atoms with Crippen molar-refractivity contribution in [3.63, 3.8) is 0 Å². The molecule has 0 saturated carbocycles. The van der Waals surface area contributed by atoms with Gasteiger partial charge in [-0.15, -0.1) is 0 Å². The van der Waals surface area contributed by atoms with Gasteiger partial charge < -0.3 is 10.1 Å². The van der Waals surface area contributed by atoms with Gasteiger partial charge in [0.2, 0.25) is 0 Å². The van der Waals surface area contributed by atoms with Crippen LogP contribution in [-0.2, 0) is 9.53 Å². The molecule has 5 nitrogen and oxygen atoms in total. The van der Waals surface area contributed by atoms with E-state index in [1.165, 1.54) is 7.11 Å². The number of rotatable bonds is 3. The predicted octanol–water partition coefficient (Wildman–Crippen LogP) is 0.927. The lowest BCUT2D eigenvalue weighted by Crippen LogP contribution is -2.27. The largest absolute Gasteiger partial charge is 0.467 e. The summed E-state index contributed by atoms with van der Waals surface area (Å²) in [6.07, 6.45) is 0. The zero-order chi connectivity index (χ0) is 11.3. The minimum atomic E-state index is -0.489. The van der Waals surface area contributed by atoms with Gasteiger partial charge in [-0.05, 0) is 19.1 Å². The molecule has 1 unspecified atom stereocenters. The van der Waals surface area contributed by atoms with Crippen LogP contribution in [0.15, 0.2) is 18.2 Å². The number of nitrogens with zero attached hydrogens (tertiary/aromatic N) is 2. The number of esters is 1. The molecule has 1 rings (SSSR count). The van der Waals surface area contributed by atoms with Crippen molar-refractivity contribution in [3.8, 4) is 6.07 Å². The maximum atomic E-state index is 11.1. The van der Waals surface area contributed by atoms with Crippen LogP contribution in [0.1, 0.15) is 12.6 Å². The van der Waals surface area contributed by atoms with E-state index in [-0.39, 0.29) is 5.97 Å². The van der Waals surface area contributed by atoms with Gasteiger partial charge in [-0.2, -0.15) is 5.26 Å². The van der Waals surface area contributed by atoms with Gasteiger partial charge in [-0.25, -0.2) is 9.78 Å². The highest BCUT2D eigenvalue weighted by molar-refractivity contribution is 5.78. The van der Waals surface area contributed by atoms with Crippen molar-refractivity contribution in [2.24, 2.45) is 0 Å². The third-order valence-corrected chi connectivity index (χ3v) is 1.78. The Morgan fingerprint density at radius 2 is 2.40 bits per heavy atom. The van der Waals surface area contributed by atoms with Gasteiger partial charge in [0, 0.05) is 0 Å². The molecule has 0 aromatic carbocycles. The molecule has 1 aromatic rings. The number of hydrogen-bond donors (Lipinski definition) is 1. The number of carbonyl (C=O) groups excluding carboxylic acids is 1. The summed E-state index contributed by atoms with van der Waals surface area (Å²) in [5.41, 5.74) is 0.303. The summed E-state index contributed by atoms with van der Waals surface area (Å²) in [5, 5.41) is 11.5. The average Bonchev–Trinajstić information content (AvgIpc) is 2.28. The van der Waals surface area contributed by atoms with Crippen LogP contribution in [-0.4, -0.2) is 24.1 Å². The third-order valence-electron chi connectivity index (χ3n) is 1.78. The van der Waals surface area contributed by atoms with Crippen LogP contribution in [0.5, 0.6) is 0 Å². The van der Waals surface area contributed by atoms with Gasteiger partial charge in [0.1, 0.15) is 23.6 Å². The summed E-state index contributed by atoms with van der Waals surface area (Å²) in [7, 11) is 1.32. The fourth-order valence-electron chi connectivity index (χ4n) is 1.03. The quantitative estimate of drug-likeness (QED) is 0.743. The van der Waals surface area contributed by atoms with Crippen molar-refractivity contribution in [1.29, 1.82) is 5.26 Å². The highest BCUT2D eigenvalue weighted by Crippen LogP contribution is 2.06. The molecule has 0 aliphatic carbocycles. The molecule has 0 amide bonds. The maximum Gasteiger partial charge on any atom is 0.328 e. The summed E-state index contributed by atoms with van der Waals surface area (Å²) >= 11 is 0. The Bertz CT molecular complexity index is 398.